The number of anilines is 2. The van der Waals surface area contributed by atoms with Crippen molar-refractivity contribution in [3.8, 4) is 0 Å². The van der Waals surface area contributed by atoms with E-state index in [2.05, 4.69) is 9.88 Å². The monoisotopic (exact) mass is 375 g/mol. The molecule has 0 amide bonds. The summed E-state index contributed by atoms with van der Waals surface area (Å²) in [4.78, 5) is 6.75. The highest BCUT2D eigenvalue weighted by Crippen LogP contribution is 2.22. The third-order valence-electron chi connectivity index (χ3n) is 4.45. The summed E-state index contributed by atoms with van der Waals surface area (Å²) in [5, 5.41) is 6.34. The van der Waals surface area contributed by atoms with Gasteiger partial charge in [-0.2, -0.15) is 0 Å². The van der Waals surface area contributed by atoms with Crippen LogP contribution in [0.25, 0.3) is 0 Å². The van der Waals surface area contributed by atoms with Crippen LogP contribution in [0.1, 0.15) is 18.1 Å². The molecule has 2 heterocycles. The predicted molar refractivity (Wildman–Crippen MR) is 101 cm³/mol. The second kappa shape index (κ2) is 7.43. The molecule has 1 fully saturated rings. The number of pyridine rings is 1. The number of hydrogen-bond donors (Lipinski definition) is 2. The van der Waals surface area contributed by atoms with E-state index in [1.54, 1.807) is 31.3 Å². The van der Waals surface area contributed by atoms with Crippen LogP contribution in [0.4, 0.5) is 11.5 Å². The van der Waals surface area contributed by atoms with Crippen LogP contribution in [-0.2, 0) is 14.6 Å². The SMILES string of the molecule is CCS(=O)(=O)c1ccc(N)c(C(=[NH2+])c2ccnc(N3CCOCC3)c2)c1. The second-order valence-electron chi connectivity index (χ2n) is 6.07. The molecule has 3 rings (SSSR count). The van der Waals surface area contributed by atoms with Crippen molar-refractivity contribution in [1.29, 1.82) is 0 Å². The number of nitrogens with zero attached hydrogens (tertiary/aromatic N) is 2. The quantitative estimate of drug-likeness (QED) is 0.557. The predicted octanol–water partition coefficient (Wildman–Crippen LogP) is -0.109. The van der Waals surface area contributed by atoms with Crippen LogP contribution in [0.15, 0.2) is 41.4 Å². The molecule has 1 saturated heterocycles. The van der Waals surface area contributed by atoms with Crippen molar-refractivity contribution in [1.82, 2.24) is 4.98 Å². The fraction of sp³-hybridized carbons (Fsp3) is 0.333. The molecule has 0 unspecified atom stereocenters. The Labute approximate surface area is 153 Å². The molecule has 1 aliphatic heterocycles. The fourth-order valence-electron chi connectivity index (χ4n) is 2.84. The number of morpholine rings is 1. The van der Waals surface area contributed by atoms with Crippen LogP contribution in [0.3, 0.4) is 0 Å². The molecule has 0 aliphatic carbocycles. The summed E-state index contributed by atoms with van der Waals surface area (Å²) in [5.41, 5.74) is 8.17. The van der Waals surface area contributed by atoms with E-state index in [1.807, 2.05) is 6.07 Å². The molecule has 0 saturated carbocycles. The van der Waals surface area contributed by atoms with Gasteiger partial charge in [-0.25, -0.2) is 13.4 Å². The maximum atomic E-state index is 12.2. The van der Waals surface area contributed by atoms with Crippen molar-refractivity contribution in [2.45, 2.75) is 11.8 Å². The Hall–Kier alpha value is -2.45. The van der Waals surface area contributed by atoms with Gasteiger partial charge < -0.3 is 15.4 Å². The van der Waals surface area contributed by atoms with Gasteiger partial charge in [0, 0.05) is 25.0 Å². The van der Waals surface area contributed by atoms with Gasteiger partial charge in [-0.1, -0.05) is 6.92 Å². The van der Waals surface area contributed by atoms with Crippen molar-refractivity contribution < 1.29 is 18.6 Å². The lowest BCUT2D eigenvalue weighted by molar-refractivity contribution is -0.111. The summed E-state index contributed by atoms with van der Waals surface area (Å²) in [6, 6.07) is 8.31. The van der Waals surface area contributed by atoms with E-state index in [4.69, 9.17) is 15.9 Å². The van der Waals surface area contributed by atoms with Crippen LogP contribution in [0.5, 0.6) is 0 Å². The molecule has 26 heavy (non-hydrogen) atoms. The molecule has 8 heteroatoms. The first-order valence-corrected chi connectivity index (χ1v) is 10.1. The minimum Gasteiger partial charge on any atom is -0.398 e. The topological polar surface area (TPSA) is 111 Å². The number of hydrogen-bond acceptors (Lipinski definition) is 6. The minimum absolute atomic E-state index is 0.0205. The zero-order valence-corrected chi connectivity index (χ0v) is 15.5. The van der Waals surface area contributed by atoms with Gasteiger partial charge in [0.05, 0.1) is 35.0 Å². The molecule has 2 aromatic rings. The molecule has 1 aromatic carbocycles. The maximum Gasteiger partial charge on any atom is 0.213 e. The Morgan fingerprint density at radius 3 is 2.69 bits per heavy atom. The van der Waals surface area contributed by atoms with Crippen LogP contribution in [0, 0.1) is 0 Å². The Morgan fingerprint density at radius 2 is 2.00 bits per heavy atom. The number of rotatable bonds is 5. The van der Waals surface area contributed by atoms with Gasteiger partial charge >= 0.3 is 0 Å². The number of benzene rings is 1. The lowest BCUT2D eigenvalue weighted by atomic mass is 10.0. The van der Waals surface area contributed by atoms with Crippen LogP contribution >= 0.6 is 0 Å². The highest BCUT2D eigenvalue weighted by Gasteiger charge is 2.20. The highest BCUT2D eigenvalue weighted by molar-refractivity contribution is 7.91. The normalized spacial score (nSPS) is 15.0. The average Bonchev–Trinajstić information content (AvgIpc) is 2.68. The molecule has 4 N–H and O–H groups in total. The Bertz CT molecular complexity index is 922. The first-order chi connectivity index (χ1) is 12.4. The number of nitrogen functional groups attached to an aromatic ring is 1. The number of sulfone groups is 1. The molecular weight excluding hydrogens is 352 g/mol. The summed E-state index contributed by atoms with van der Waals surface area (Å²) in [5.74, 6) is 0.830. The third-order valence-corrected chi connectivity index (χ3v) is 6.18. The average molecular weight is 375 g/mol. The van der Waals surface area contributed by atoms with E-state index in [0.717, 1.165) is 24.5 Å². The van der Waals surface area contributed by atoms with E-state index in [-0.39, 0.29) is 10.6 Å². The van der Waals surface area contributed by atoms with Crippen molar-refractivity contribution in [3.63, 3.8) is 0 Å². The van der Waals surface area contributed by atoms with E-state index < -0.39 is 9.84 Å². The zero-order chi connectivity index (χ0) is 18.7. The molecule has 7 nitrogen and oxygen atoms in total. The molecule has 0 spiro atoms. The molecular formula is C18H23N4O3S+. The summed E-state index contributed by atoms with van der Waals surface area (Å²) >= 11 is 0. The Balaban J connectivity index is 1.96. The van der Waals surface area contributed by atoms with E-state index in [0.29, 0.717) is 30.2 Å². The number of ether oxygens (including phenoxy) is 1. The van der Waals surface area contributed by atoms with E-state index in [9.17, 15) is 8.42 Å². The zero-order valence-electron chi connectivity index (χ0n) is 14.7. The maximum absolute atomic E-state index is 12.2. The first kappa shape index (κ1) is 18.3. The largest absolute Gasteiger partial charge is 0.398 e. The number of aromatic nitrogens is 1. The van der Waals surface area contributed by atoms with Gasteiger partial charge in [0.2, 0.25) is 5.71 Å². The Morgan fingerprint density at radius 1 is 1.27 bits per heavy atom. The Kier molecular flexibility index (Phi) is 5.24. The van der Waals surface area contributed by atoms with Gasteiger partial charge in [0.1, 0.15) is 5.82 Å². The molecule has 0 atom stereocenters. The lowest BCUT2D eigenvalue weighted by Crippen LogP contribution is -2.42. The standard InChI is InChI=1S/C18H22N4O3S/c1-2-26(23,24)14-3-4-16(19)15(12-14)18(20)13-5-6-21-17(11-13)22-7-9-25-10-8-22/h3-6,11-12,20H,2,7-10,19H2,1H3/p+1. The molecule has 138 valence electrons. The fourth-order valence-corrected chi connectivity index (χ4v) is 3.74. The number of nitrogens with two attached hydrogens (primary N) is 2. The highest BCUT2D eigenvalue weighted by atomic mass is 32.2. The van der Waals surface area contributed by atoms with Gasteiger partial charge in [-0.3, -0.25) is 5.41 Å². The lowest BCUT2D eigenvalue weighted by Gasteiger charge is -2.27. The third kappa shape index (κ3) is 3.71. The van der Waals surface area contributed by atoms with Crippen LogP contribution < -0.4 is 16.0 Å². The van der Waals surface area contributed by atoms with Crippen molar-refractivity contribution >= 4 is 27.1 Å². The molecule has 0 bridgehead atoms. The van der Waals surface area contributed by atoms with Crippen molar-refractivity contribution in [2.24, 2.45) is 0 Å². The van der Waals surface area contributed by atoms with Gasteiger partial charge in [0.25, 0.3) is 0 Å². The van der Waals surface area contributed by atoms with Crippen molar-refractivity contribution in [2.75, 3.05) is 42.7 Å². The molecule has 1 aliphatic rings. The van der Waals surface area contributed by atoms with Gasteiger partial charge in [-0.15, -0.1) is 0 Å². The van der Waals surface area contributed by atoms with Crippen LogP contribution in [-0.4, -0.2) is 51.2 Å². The minimum atomic E-state index is -3.34. The smallest absolute Gasteiger partial charge is 0.213 e. The van der Waals surface area contributed by atoms with Gasteiger partial charge in [0.15, 0.2) is 9.84 Å². The van der Waals surface area contributed by atoms with Gasteiger partial charge in [-0.05, 0) is 30.3 Å². The first-order valence-electron chi connectivity index (χ1n) is 8.46. The van der Waals surface area contributed by atoms with E-state index in [1.165, 1.54) is 6.07 Å². The summed E-state index contributed by atoms with van der Waals surface area (Å²) in [7, 11) is -3.34. The molecule has 0 radical (unpaired) electrons. The molecule has 1 aromatic heterocycles. The summed E-state index contributed by atoms with van der Waals surface area (Å²) < 4.78 is 29.7. The van der Waals surface area contributed by atoms with E-state index >= 15 is 0 Å². The van der Waals surface area contributed by atoms with Crippen LogP contribution in [0.2, 0.25) is 0 Å². The van der Waals surface area contributed by atoms with Crippen molar-refractivity contribution in [3.05, 3.63) is 47.7 Å². The summed E-state index contributed by atoms with van der Waals surface area (Å²) in [6.07, 6.45) is 1.69. The summed E-state index contributed by atoms with van der Waals surface area (Å²) in [6.45, 7) is 4.46. The second-order valence-corrected chi connectivity index (χ2v) is 8.35.